The maximum atomic E-state index is 13.0. The summed E-state index contributed by atoms with van der Waals surface area (Å²) >= 11 is 0. The number of carbonyl (C=O) groups excluding carboxylic acids is 1. The lowest BCUT2D eigenvalue weighted by Crippen LogP contribution is -2.03. The fourth-order valence-electron chi connectivity index (χ4n) is 1.53. The quantitative estimate of drug-likeness (QED) is 0.616. The second-order valence-corrected chi connectivity index (χ2v) is 3.62. The van der Waals surface area contributed by atoms with Gasteiger partial charge in [0.25, 0.3) is 0 Å². The Morgan fingerprint density at radius 2 is 1.94 bits per heavy atom. The van der Waals surface area contributed by atoms with E-state index in [1.807, 2.05) is 0 Å². The Morgan fingerprint density at radius 3 is 2.65 bits per heavy atom. The smallest absolute Gasteiger partial charge is 0.196 e. The molecule has 17 heavy (non-hydrogen) atoms. The number of aromatic hydroxyl groups is 1. The molecule has 0 aliphatic rings. The van der Waals surface area contributed by atoms with Gasteiger partial charge in [-0.1, -0.05) is 12.1 Å². The molecule has 0 aromatic heterocycles. The van der Waals surface area contributed by atoms with Gasteiger partial charge in [-0.2, -0.15) is 0 Å². The second-order valence-electron chi connectivity index (χ2n) is 3.62. The van der Waals surface area contributed by atoms with E-state index in [1.54, 1.807) is 18.2 Å². The maximum absolute atomic E-state index is 13.0. The van der Waals surface area contributed by atoms with Gasteiger partial charge in [-0.3, -0.25) is 4.79 Å². The minimum absolute atomic E-state index is 0.0735. The predicted molar refractivity (Wildman–Crippen MR) is 62.4 cm³/mol. The lowest BCUT2D eigenvalue weighted by Gasteiger charge is -2.04. The summed E-state index contributed by atoms with van der Waals surface area (Å²) in [5, 5.41) is 9.52. The van der Waals surface area contributed by atoms with E-state index < -0.39 is 11.6 Å². The number of hydrogen-bond acceptors (Lipinski definition) is 3. The van der Waals surface area contributed by atoms with E-state index in [-0.39, 0.29) is 11.3 Å². The standard InChI is InChI=1S/C13H10FNO2/c14-9-4-5-12(16)11(7-9)13(17)8-2-1-3-10(15)6-8/h1-7,16H,15H2. The molecule has 0 unspecified atom stereocenters. The van der Waals surface area contributed by atoms with Crippen molar-refractivity contribution in [2.45, 2.75) is 0 Å². The first-order valence-corrected chi connectivity index (χ1v) is 4.96. The van der Waals surface area contributed by atoms with Gasteiger partial charge in [0.2, 0.25) is 0 Å². The van der Waals surface area contributed by atoms with E-state index in [0.717, 1.165) is 18.2 Å². The molecule has 2 rings (SSSR count). The summed E-state index contributed by atoms with van der Waals surface area (Å²) in [6.07, 6.45) is 0. The molecule has 2 aromatic rings. The van der Waals surface area contributed by atoms with E-state index >= 15 is 0 Å². The van der Waals surface area contributed by atoms with Crippen molar-refractivity contribution in [3.8, 4) is 5.75 Å². The van der Waals surface area contributed by atoms with E-state index in [9.17, 15) is 14.3 Å². The lowest BCUT2D eigenvalue weighted by atomic mass is 10.0. The number of ketones is 1. The third-order valence-corrected chi connectivity index (χ3v) is 2.35. The topological polar surface area (TPSA) is 63.3 Å². The van der Waals surface area contributed by atoms with Crippen LogP contribution in [0, 0.1) is 5.82 Å². The molecule has 0 fully saturated rings. The summed E-state index contributed by atoms with van der Waals surface area (Å²) in [5.74, 6) is -1.29. The molecule has 0 aliphatic heterocycles. The largest absolute Gasteiger partial charge is 0.507 e. The highest BCUT2D eigenvalue weighted by Gasteiger charge is 2.14. The van der Waals surface area contributed by atoms with E-state index in [4.69, 9.17) is 5.73 Å². The number of hydrogen-bond donors (Lipinski definition) is 2. The highest BCUT2D eigenvalue weighted by atomic mass is 19.1. The first-order chi connectivity index (χ1) is 8.08. The van der Waals surface area contributed by atoms with Crippen molar-refractivity contribution in [1.29, 1.82) is 0 Å². The summed E-state index contributed by atoms with van der Waals surface area (Å²) in [6.45, 7) is 0. The van der Waals surface area contributed by atoms with Crippen LogP contribution < -0.4 is 5.73 Å². The highest BCUT2D eigenvalue weighted by molar-refractivity contribution is 6.11. The maximum Gasteiger partial charge on any atom is 0.196 e. The zero-order chi connectivity index (χ0) is 12.4. The molecule has 0 heterocycles. The van der Waals surface area contributed by atoms with Crippen molar-refractivity contribution in [1.82, 2.24) is 0 Å². The van der Waals surface area contributed by atoms with E-state index in [1.165, 1.54) is 6.07 Å². The molecule has 3 nitrogen and oxygen atoms in total. The first-order valence-electron chi connectivity index (χ1n) is 4.96. The molecule has 0 spiro atoms. The molecule has 4 heteroatoms. The van der Waals surface area contributed by atoms with Gasteiger partial charge in [0.1, 0.15) is 11.6 Å². The number of rotatable bonds is 2. The molecule has 0 amide bonds. The Hall–Kier alpha value is -2.36. The number of benzene rings is 2. The summed E-state index contributed by atoms with van der Waals surface area (Å²) in [4.78, 5) is 12.0. The second kappa shape index (κ2) is 4.25. The van der Waals surface area contributed by atoms with Crippen molar-refractivity contribution in [2.24, 2.45) is 0 Å². The first kappa shape index (κ1) is 11.1. The van der Waals surface area contributed by atoms with Crippen molar-refractivity contribution in [3.63, 3.8) is 0 Å². The van der Waals surface area contributed by atoms with Crippen molar-refractivity contribution >= 4 is 11.5 Å². The van der Waals surface area contributed by atoms with E-state index in [0.29, 0.717) is 11.3 Å². The molecule has 0 saturated heterocycles. The summed E-state index contributed by atoms with van der Waals surface area (Å²) in [7, 11) is 0. The van der Waals surface area contributed by atoms with Gasteiger partial charge in [-0.05, 0) is 30.3 Å². The van der Waals surface area contributed by atoms with Crippen LogP contribution in [0.1, 0.15) is 15.9 Å². The zero-order valence-corrected chi connectivity index (χ0v) is 8.85. The molecule has 0 bridgehead atoms. The molecule has 3 N–H and O–H groups in total. The molecule has 0 saturated carbocycles. The normalized spacial score (nSPS) is 10.2. The fraction of sp³-hybridized carbons (Fsp3) is 0. The Morgan fingerprint density at radius 1 is 1.18 bits per heavy atom. The van der Waals surface area contributed by atoms with E-state index in [2.05, 4.69) is 0 Å². The van der Waals surface area contributed by atoms with Crippen LogP contribution in [0.2, 0.25) is 0 Å². The van der Waals surface area contributed by atoms with Gasteiger partial charge in [0.05, 0.1) is 5.56 Å². The van der Waals surface area contributed by atoms with Crippen LogP contribution in [0.3, 0.4) is 0 Å². The van der Waals surface area contributed by atoms with Gasteiger partial charge >= 0.3 is 0 Å². The summed E-state index contributed by atoms with van der Waals surface area (Å²) in [6, 6.07) is 9.54. The monoisotopic (exact) mass is 231 g/mol. The van der Waals surface area contributed by atoms with Gasteiger partial charge in [0.15, 0.2) is 5.78 Å². The Balaban J connectivity index is 2.47. The zero-order valence-electron chi connectivity index (χ0n) is 8.85. The molecular weight excluding hydrogens is 221 g/mol. The number of phenolic OH excluding ortho intramolecular Hbond substituents is 1. The van der Waals surface area contributed by atoms with Gasteiger partial charge in [0, 0.05) is 11.3 Å². The predicted octanol–water partition coefficient (Wildman–Crippen LogP) is 2.34. The molecular formula is C13H10FNO2. The minimum atomic E-state index is -0.574. The van der Waals surface area contributed by atoms with Crippen LogP contribution in [-0.2, 0) is 0 Å². The van der Waals surface area contributed by atoms with Gasteiger partial charge in [-0.25, -0.2) is 4.39 Å². The molecule has 0 radical (unpaired) electrons. The van der Waals surface area contributed by atoms with Crippen LogP contribution in [0.15, 0.2) is 42.5 Å². The Kier molecular flexibility index (Phi) is 2.78. The number of halogens is 1. The third kappa shape index (κ3) is 2.25. The number of anilines is 1. The highest BCUT2D eigenvalue weighted by Crippen LogP contribution is 2.22. The van der Waals surface area contributed by atoms with Crippen LogP contribution in [0.5, 0.6) is 5.75 Å². The lowest BCUT2D eigenvalue weighted by molar-refractivity contribution is 0.103. The molecule has 86 valence electrons. The van der Waals surface area contributed by atoms with Crippen molar-refractivity contribution < 1.29 is 14.3 Å². The average molecular weight is 231 g/mol. The third-order valence-electron chi connectivity index (χ3n) is 2.35. The Labute approximate surface area is 97.3 Å². The van der Waals surface area contributed by atoms with Crippen LogP contribution >= 0.6 is 0 Å². The minimum Gasteiger partial charge on any atom is -0.507 e. The molecule has 0 aliphatic carbocycles. The SMILES string of the molecule is Nc1cccc(C(=O)c2cc(F)ccc2O)c1. The van der Waals surface area contributed by atoms with Crippen LogP contribution in [0.4, 0.5) is 10.1 Å². The number of carbonyl (C=O) groups is 1. The van der Waals surface area contributed by atoms with Crippen molar-refractivity contribution in [2.75, 3.05) is 5.73 Å². The summed E-state index contributed by atoms with van der Waals surface area (Å²) < 4.78 is 13.0. The molecule has 2 aromatic carbocycles. The van der Waals surface area contributed by atoms with Gasteiger partial charge in [-0.15, -0.1) is 0 Å². The number of nitrogen functional groups attached to an aromatic ring is 1. The van der Waals surface area contributed by atoms with Crippen LogP contribution in [-0.4, -0.2) is 10.9 Å². The molecule has 0 atom stereocenters. The average Bonchev–Trinajstić information content (AvgIpc) is 2.31. The van der Waals surface area contributed by atoms with Crippen LogP contribution in [0.25, 0.3) is 0 Å². The fourth-order valence-corrected chi connectivity index (χ4v) is 1.53. The van der Waals surface area contributed by atoms with Crippen molar-refractivity contribution in [3.05, 3.63) is 59.4 Å². The number of nitrogens with two attached hydrogens (primary N) is 1. The van der Waals surface area contributed by atoms with Gasteiger partial charge < -0.3 is 10.8 Å². The Bertz CT molecular complexity index is 581. The summed E-state index contributed by atoms with van der Waals surface area (Å²) in [5.41, 5.74) is 6.23. The number of phenols is 1.